The summed E-state index contributed by atoms with van der Waals surface area (Å²) in [5, 5.41) is 0. The van der Waals surface area contributed by atoms with Crippen LogP contribution in [0.15, 0.2) is 109 Å². The van der Waals surface area contributed by atoms with Crippen molar-refractivity contribution in [1.29, 1.82) is 0 Å². The Bertz CT molecular complexity index is 1470. The van der Waals surface area contributed by atoms with Gasteiger partial charge in [0, 0.05) is 0 Å². The van der Waals surface area contributed by atoms with Crippen LogP contribution >= 0.6 is 0 Å². The van der Waals surface area contributed by atoms with Gasteiger partial charge in [-0.3, -0.25) is 6.08 Å². The Balaban J connectivity index is 0.000000175. The van der Waals surface area contributed by atoms with Gasteiger partial charge in [-0.2, -0.15) is 29.8 Å². The number of hydrogen-bond acceptors (Lipinski definition) is 0. The smallest absolute Gasteiger partial charge is 0.109 e. The molecule has 1 heteroatoms. The summed E-state index contributed by atoms with van der Waals surface area (Å²) in [4.78, 5) is 0. The molecule has 2 unspecified atom stereocenters. The monoisotopic (exact) mass is 654 g/mol. The number of benzene rings is 4. The van der Waals surface area contributed by atoms with Crippen LogP contribution in [-0.2, 0) is 41.5 Å². The first kappa shape index (κ1) is 34.0. The zero-order valence-corrected chi connectivity index (χ0v) is 30.4. The third-order valence-corrected chi connectivity index (χ3v) is 10.7. The summed E-state index contributed by atoms with van der Waals surface area (Å²) < 4.78 is 1.61. The molecular weight excluding hydrogens is 608 g/mol. The molecule has 0 heterocycles. The van der Waals surface area contributed by atoms with E-state index in [4.69, 9.17) is 0 Å². The van der Waals surface area contributed by atoms with Crippen molar-refractivity contribution < 1.29 is 24.2 Å². The SMILES string of the molecule is CC(C)(C)c1[c-]c2c(cc1)-c1ccc(C(C)(C)C)cc1C2.CC([C](=[Zr+2])C(C)c1ccccc1)c1ccccc1.[C-]1=CC=CC1. The molecule has 0 saturated heterocycles. The van der Waals surface area contributed by atoms with E-state index < -0.39 is 0 Å². The van der Waals surface area contributed by atoms with Crippen molar-refractivity contribution in [3.8, 4) is 11.1 Å². The molecule has 2 atom stereocenters. The fourth-order valence-electron chi connectivity index (χ4n) is 5.59. The Kier molecular flexibility index (Phi) is 11.5. The van der Waals surface area contributed by atoms with Gasteiger partial charge in [0.1, 0.15) is 0 Å². The molecule has 0 saturated carbocycles. The van der Waals surface area contributed by atoms with Crippen molar-refractivity contribution in [3.05, 3.63) is 155 Å². The second-order valence-corrected chi connectivity index (χ2v) is 15.5. The Labute approximate surface area is 282 Å². The Hall–Kier alpha value is -2.89. The van der Waals surface area contributed by atoms with Crippen LogP contribution in [0.2, 0.25) is 0 Å². The largest absolute Gasteiger partial charge is 0.273 e. The molecular formula is C43H48Zr. The Morgan fingerprint density at radius 1 is 0.705 bits per heavy atom. The molecule has 0 radical (unpaired) electrons. The van der Waals surface area contributed by atoms with E-state index in [1.807, 2.05) is 12.2 Å². The minimum absolute atomic E-state index is 0.167. The van der Waals surface area contributed by atoms with Gasteiger partial charge < -0.3 is 0 Å². The minimum atomic E-state index is 0.167. The molecule has 6 rings (SSSR count). The average molecular weight is 656 g/mol. The van der Waals surface area contributed by atoms with E-state index in [1.165, 1.54) is 44.5 Å². The van der Waals surface area contributed by atoms with Crippen molar-refractivity contribution in [2.75, 3.05) is 0 Å². The molecule has 0 fully saturated rings. The van der Waals surface area contributed by atoms with Crippen LogP contribution in [-0.4, -0.2) is 3.21 Å². The van der Waals surface area contributed by atoms with Crippen LogP contribution in [0.1, 0.15) is 107 Å². The summed E-state index contributed by atoms with van der Waals surface area (Å²) in [6.45, 7) is 18.2. The summed E-state index contributed by atoms with van der Waals surface area (Å²) in [6.07, 6.45) is 11.0. The van der Waals surface area contributed by atoms with E-state index in [9.17, 15) is 0 Å². The predicted molar refractivity (Wildman–Crippen MR) is 187 cm³/mol. The first-order valence-corrected chi connectivity index (χ1v) is 17.2. The number of rotatable bonds is 4. The summed E-state index contributed by atoms with van der Waals surface area (Å²) in [5.74, 6) is 1.08. The van der Waals surface area contributed by atoms with Gasteiger partial charge in [0.05, 0.1) is 0 Å². The molecule has 0 amide bonds. The molecule has 0 bridgehead atoms. The van der Waals surface area contributed by atoms with E-state index in [1.54, 1.807) is 27.4 Å². The molecule has 0 aromatic heterocycles. The van der Waals surface area contributed by atoms with E-state index in [0.717, 1.165) is 12.8 Å². The van der Waals surface area contributed by atoms with Crippen LogP contribution in [0, 0.1) is 12.1 Å². The van der Waals surface area contributed by atoms with E-state index in [-0.39, 0.29) is 10.8 Å². The predicted octanol–water partition coefficient (Wildman–Crippen LogP) is 11.3. The molecule has 44 heavy (non-hydrogen) atoms. The zero-order chi connectivity index (χ0) is 31.9. The normalized spacial score (nSPS) is 14.4. The van der Waals surface area contributed by atoms with Gasteiger partial charge in [-0.1, -0.05) is 65.3 Å². The van der Waals surface area contributed by atoms with Gasteiger partial charge in [0.15, 0.2) is 0 Å². The Morgan fingerprint density at radius 2 is 1.27 bits per heavy atom. The molecule has 0 nitrogen and oxygen atoms in total. The summed E-state index contributed by atoms with van der Waals surface area (Å²) in [6, 6.07) is 36.8. The van der Waals surface area contributed by atoms with Crippen LogP contribution in [0.5, 0.6) is 0 Å². The van der Waals surface area contributed by atoms with Crippen LogP contribution in [0.25, 0.3) is 11.1 Å². The van der Waals surface area contributed by atoms with Crippen LogP contribution < -0.4 is 0 Å². The number of allylic oxidation sites excluding steroid dienone is 4. The summed E-state index contributed by atoms with van der Waals surface area (Å²) in [5.41, 5.74) is 11.6. The van der Waals surface area contributed by atoms with Crippen molar-refractivity contribution in [3.63, 3.8) is 0 Å². The van der Waals surface area contributed by atoms with E-state index in [2.05, 4.69) is 165 Å². The van der Waals surface area contributed by atoms with Gasteiger partial charge in [0.25, 0.3) is 0 Å². The fourth-order valence-corrected chi connectivity index (χ4v) is 6.40. The molecule has 4 aromatic carbocycles. The molecule has 0 N–H and O–H groups in total. The maximum atomic E-state index is 3.67. The van der Waals surface area contributed by atoms with Crippen LogP contribution in [0.3, 0.4) is 0 Å². The standard InChI is InChI=1S/C21H25.C17H18.C5H5.Zr/c1-20(2,3)16-7-9-18-14(12-16)11-15-13-17(21(4,5)6)8-10-19(15)18;1-14(16-9-5-3-6-10-16)13-15(2)17-11-7-4-8-12-17;1-2-4-5-3-1;/h7-10,12H,11H2,1-6H3;3-12,14-15H,1-2H3;1-3H,4H2;/q-1;;-1;+2. The van der Waals surface area contributed by atoms with E-state index in [0.29, 0.717) is 11.8 Å². The number of hydrogen-bond donors (Lipinski definition) is 0. The third-order valence-electron chi connectivity index (χ3n) is 8.58. The fraction of sp³-hybridized carbons (Fsp3) is 0.326. The summed E-state index contributed by atoms with van der Waals surface area (Å²) >= 11 is 1.54. The topological polar surface area (TPSA) is 0 Å². The van der Waals surface area contributed by atoms with Gasteiger partial charge >= 0.3 is 125 Å². The quantitative estimate of drug-likeness (QED) is 0.169. The van der Waals surface area contributed by atoms with Gasteiger partial charge in [-0.25, -0.2) is 12.2 Å². The van der Waals surface area contributed by atoms with Gasteiger partial charge in [-0.15, -0.1) is 17.5 Å². The first-order chi connectivity index (χ1) is 20.9. The van der Waals surface area contributed by atoms with Gasteiger partial charge in [0.2, 0.25) is 0 Å². The van der Waals surface area contributed by atoms with Crippen molar-refractivity contribution in [2.24, 2.45) is 0 Å². The Morgan fingerprint density at radius 3 is 1.73 bits per heavy atom. The second-order valence-electron chi connectivity index (χ2n) is 14.0. The second kappa shape index (κ2) is 14.9. The van der Waals surface area contributed by atoms with Crippen molar-refractivity contribution >= 4 is 3.21 Å². The average Bonchev–Trinajstić information content (AvgIpc) is 3.72. The van der Waals surface area contributed by atoms with E-state index >= 15 is 0 Å². The molecule has 0 spiro atoms. The third kappa shape index (κ3) is 8.85. The van der Waals surface area contributed by atoms with Crippen molar-refractivity contribution in [1.82, 2.24) is 0 Å². The molecule has 224 valence electrons. The maximum absolute atomic E-state index is 3.67. The molecule has 2 aliphatic carbocycles. The molecule has 2 aliphatic rings. The number of fused-ring (bicyclic) bond motifs is 3. The summed E-state index contributed by atoms with van der Waals surface area (Å²) in [7, 11) is 0. The first-order valence-electron chi connectivity index (χ1n) is 16.0. The maximum Gasteiger partial charge on any atom is -0.109 e. The molecule has 0 aliphatic heterocycles. The van der Waals surface area contributed by atoms with Crippen molar-refractivity contribution in [2.45, 2.75) is 90.9 Å². The van der Waals surface area contributed by atoms with Crippen LogP contribution in [0.4, 0.5) is 0 Å². The molecule has 4 aromatic rings. The minimum Gasteiger partial charge on any atom is -0.273 e. The van der Waals surface area contributed by atoms with Gasteiger partial charge in [-0.05, 0) is 28.4 Å². The zero-order valence-electron chi connectivity index (χ0n) is 28.0.